The highest BCUT2D eigenvalue weighted by atomic mass is 16.8. The minimum Gasteiger partial charge on any atom is -0.569 e. The fourth-order valence-electron chi connectivity index (χ4n) is 1.52. The predicted molar refractivity (Wildman–Crippen MR) is 55.7 cm³/mol. The standard InChI is InChI=1S/C9H15N3O6/c1-7(13)17-6-18-10-12(16)11-4-2-8(3-5-11)9(14)15/h8H,2-6H2,1H3,(H,14,15)/b12-10-. The molecule has 9 nitrogen and oxygen atoms in total. The number of carboxylic acids is 1. The summed E-state index contributed by atoms with van der Waals surface area (Å²) in [6.45, 7) is 1.36. The second-order valence-electron chi connectivity index (χ2n) is 3.78. The maximum atomic E-state index is 11.4. The lowest BCUT2D eigenvalue weighted by Gasteiger charge is -2.25. The van der Waals surface area contributed by atoms with Gasteiger partial charge in [0, 0.05) is 6.92 Å². The van der Waals surface area contributed by atoms with Crippen molar-refractivity contribution in [2.24, 2.45) is 11.2 Å². The number of rotatable bonds is 5. The molecule has 0 radical (unpaired) electrons. The maximum absolute atomic E-state index is 11.4. The topological polar surface area (TPSA) is 114 Å². The zero-order valence-electron chi connectivity index (χ0n) is 9.94. The van der Waals surface area contributed by atoms with Crippen LogP contribution in [0.4, 0.5) is 0 Å². The Morgan fingerprint density at radius 3 is 2.61 bits per heavy atom. The molecule has 1 saturated heterocycles. The Balaban J connectivity index is 2.30. The lowest BCUT2D eigenvalue weighted by Crippen LogP contribution is -2.40. The minimum atomic E-state index is -0.852. The third kappa shape index (κ3) is 4.44. The van der Waals surface area contributed by atoms with E-state index in [2.05, 4.69) is 14.9 Å². The molecule has 1 N–H and O–H groups in total. The van der Waals surface area contributed by atoms with Crippen molar-refractivity contribution in [2.75, 3.05) is 19.9 Å². The Morgan fingerprint density at radius 2 is 2.11 bits per heavy atom. The van der Waals surface area contributed by atoms with Gasteiger partial charge in [0.25, 0.3) is 6.79 Å². The first-order valence-electron chi connectivity index (χ1n) is 5.42. The van der Waals surface area contributed by atoms with Crippen LogP contribution in [0.3, 0.4) is 0 Å². The van der Waals surface area contributed by atoms with Gasteiger partial charge in [0.1, 0.15) is 0 Å². The summed E-state index contributed by atoms with van der Waals surface area (Å²) in [5, 5.41) is 24.6. The number of carboxylic acid groups (broad SMARTS) is 1. The minimum absolute atomic E-state index is 0.238. The van der Waals surface area contributed by atoms with E-state index in [0.717, 1.165) is 0 Å². The first kappa shape index (κ1) is 14.0. The number of aliphatic carboxylic acids is 1. The number of ether oxygens (including phenoxy) is 1. The van der Waals surface area contributed by atoms with E-state index in [4.69, 9.17) is 5.11 Å². The van der Waals surface area contributed by atoms with Crippen LogP contribution in [0.2, 0.25) is 0 Å². The van der Waals surface area contributed by atoms with Crippen molar-refractivity contribution in [2.45, 2.75) is 19.8 Å². The smallest absolute Gasteiger partial charge is 0.306 e. The van der Waals surface area contributed by atoms with E-state index in [-0.39, 0.29) is 4.97 Å². The van der Waals surface area contributed by atoms with Gasteiger partial charge in [-0.1, -0.05) is 0 Å². The Hall–Kier alpha value is -2.06. The third-order valence-electron chi connectivity index (χ3n) is 2.51. The molecule has 0 aromatic carbocycles. The lowest BCUT2D eigenvalue weighted by atomic mass is 9.98. The van der Waals surface area contributed by atoms with Crippen LogP contribution in [0, 0.1) is 11.1 Å². The average Bonchev–Trinajstić information content (AvgIpc) is 2.34. The van der Waals surface area contributed by atoms with Crippen molar-refractivity contribution in [3.63, 3.8) is 0 Å². The number of carbonyl (C=O) groups excluding carboxylic acids is 1. The molecule has 9 heteroatoms. The zero-order chi connectivity index (χ0) is 13.5. The van der Waals surface area contributed by atoms with Gasteiger partial charge >= 0.3 is 11.9 Å². The van der Waals surface area contributed by atoms with E-state index >= 15 is 0 Å². The van der Waals surface area contributed by atoms with Crippen LogP contribution in [-0.4, -0.2) is 46.9 Å². The van der Waals surface area contributed by atoms with Gasteiger partial charge in [-0.05, 0) is 12.8 Å². The van der Waals surface area contributed by atoms with Crippen LogP contribution in [0.1, 0.15) is 19.8 Å². The van der Waals surface area contributed by atoms with Crippen LogP contribution in [0.25, 0.3) is 0 Å². The molecular formula is C9H15N3O6. The molecule has 0 aromatic rings. The van der Waals surface area contributed by atoms with Gasteiger partial charge in [-0.3, -0.25) is 9.59 Å². The van der Waals surface area contributed by atoms with Crippen molar-refractivity contribution < 1.29 is 29.2 Å². The molecule has 1 fully saturated rings. The molecule has 102 valence electrons. The first-order valence-corrected chi connectivity index (χ1v) is 5.42. The molecular weight excluding hydrogens is 246 g/mol. The molecule has 0 saturated carbocycles. The summed E-state index contributed by atoms with van der Waals surface area (Å²) in [6, 6.07) is 0. The Kier molecular flexibility index (Phi) is 5.15. The number of hydrogen-bond donors (Lipinski definition) is 1. The van der Waals surface area contributed by atoms with E-state index < -0.39 is 24.6 Å². The van der Waals surface area contributed by atoms with Crippen LogP contribution in [-0.2, 0) is 19.2 Å². The van der Waals surface area contributed by atoms with Crippen molar-refractivity contribution in [3.8, 4) is 0 Å². The average molecular weight is 261 g/mol. The van der Waals surface area contributed by atoms with Gasteiger partial charge < -0.3 is 19.9 Å². The fraction of sp³-hybridized carbons (Fsp3) is 0.778. The quantitative estimate of drug-likeness (QED) is 0.186. The molecule has 0 unspecified atom stereocenters. The normalized spacial score (nSPS) is 17.4. The molecule has 0 bridgehead atoms. The van der Waals surface area contributed by atoms with Crippen molar-refractivity contribution in [3.05, 3.63) is 5.21 Å². The highest BCUT2D eigenvalue weighted by Crippen LogP contribution is 2.17. The number of piperidine rings is 1. The highest BCUT2D eigenvalue weighted by molar-refractivity contribution is 5.70. The Bertz CT molecular complexity index is 337. The van der Waals surface area contributed by atoms with Gasteiger partial charge in [0.15, 0.2) is 0 Å². The maximum Gasteiger partial charge on any atom is 0.306 e. The monoisotopic (exact) mass is 261 g/mol. The number of hydrogen-bond acceptors (Lipinski definition) is 6. The van der Waals surface area contributed by atoms with E-state index in [1.165, 1.54) is 11.9 Å². The third-order valence-corrected chi connectivity index (χ3v) is 2.51. The molecule has 1 heterocycles. The van der Waals surface area contributed by atoms with Crippen LogP contribution in [0.15, 0.2) is 5.28 Å². The molecule has 0 aromatic heterocycles. The largest absolute Gasteiger partial charge is 0.569 e. The summed E-state index contributed by atoms with van der Waals surface area (Å²) in [6.07, 6.45) is 0.765. The van der Waals surface area contributed by atoms with Gasteiger partial charge in [0.2, 0.25) is 5.28 Å². The lowest BCUT2D eigenvalue weighted by molar-refractivity contribution is -0.713. The number of hydrazine groups is 1. The number of carbonyl (C=O) groups is 2. The SMILES string of the molecule is CC(=O)OCO/N=[N+](\[O-])N1CCC(C(=O)O)CC1. The second-order valence-corrected chi connectivity index (χ2v) is 3.78. The number of esters is 1. The van der Waals surface area contributed by atoms with E-state index in [1.54, 1.807) is 0 Å². The van der Waals surface area contributed by atoms with Gasteiger partial charge in [-0.25, -0.2) is 0 Å². The molecule has 0 atom stereocenters. The molecule has 18 heavy (non-hydrogen) atoms. The van der Waals surface area contributed by atoms with Crippen LogP contribution in [0.5, 0.6) is 0 Å². The fourth-order valence-corrected chi connectivity index (χ4v) is 1.52. The Morgan fingerprint density at radius 1 is 1.50 bits per heavy atom. The van der Waals surface area contributed by atoms with Crippen molar-refractivity contribution in [1.82, 2.24) is 5.01 Å². The van der Waals surface area contributed by atoms with Crippen molar-refractivity contribution in [1.29, 1.82) is 0 Å². The summed E-state index contributed by atoms with van der Waals surface area (Å²) < 4.78 is 4.41. The first-order chi connectivity index (χ1) is 8.50. The van der Waals surface area contributed by atoms with Crippen LogP contribution >= 0.6 is 0 Å². The summed E-state index contributed by atoms with van der Waals surface area (Å²) in [5.74, 6) is -1.81. The molecule has 1 rings (SSSR count). The zero-order valence-corrected chi connectivity index (χ0v) is 9.94. The predicted octanol–water partition coefficient (Wildman–Crippen LogP) is 0.113. The Labute approximate surface area is 103 Å². The molecule has 1 aliphatic rings. The van der Waals surface area contributed by atoms with Crippen LogP contribution < -0.4 is 0 Å². The molecule has 0 aliphatic carbocycles. The van der Waals surface area contributed by atoms with Gasteiger partial charge in [-0.2, -0.15) is 0 Å². The summed E-state index contributed by atoms with van der Waals surface area (Å²) in [4.78, 5) is 25.8. The van der Waals surface area contributed by atoms with Gasteiger partial charge in [-0.15, -0.1) is 5.01 Å². The molecule has 0 spiro atoms. The van der Waals surface area contributed by atoms with Gasteiger partial charge in [0.05, 0.1) is 24.0 Å². The van der Waals surface area contributed by atoms with E-state index in [9.17, 15) is 14.8 Å². The van der Waals surface area contributed by atoms with Crippen molar-refractivity contribution >= 4 is 11.9 Å². The molecule has 1 aliphatic heterocycles. The highest BCUT2D eigenvalue weighted by Gasteiger charge is 2.28. The molecule has 0 amide bonds. The second kappa shape index (κ2) is 6.62. The summed E-state index contributed by atoms with van der Waals surface area (Å²) in [5.41, 5.74) is 0. The summed E-state index contributed by atoms with van der Waals surface area (Å²) >= 11 is 0. The number of nitrogens with zero attached hydrogens (tertiary/aromatic N) is 3. The van der Waals surface area contributed by atoms with E-state index in [0.29, 0.717) is 25.9 Å². The van der Waals surface area contributed by atoms with E-state index in [1.807, 2.05) is 0 Å². The summed E-state index contributed by atoms with van der Waals surface area (Å²) in [7, 11) is 0.